The molecule has 0 saturated carbocycles. The molecule has 0 fully saturated rings. The van der Waals surface area contributed by atoms with E-state index in [0.29, 0.717) is 0 Å². The van der Waals surface area contributed by atoms with Gasteiger partial charge in [-0.15, -0.1) is 0 Å². The molecular formula is C9H8N2O2. The molecule has 0 spiro atoms. The number of nitrogens with zero attached hydrogens (tertiary/aromatic N) is 1. The van der Waals surface area contributed by atoms with Crippen LogP contribution in [0.15, 0.2) is 18.2 Å². The van der Waals surface area contributed by atoms with E-state index in [-0.39, 0.29) is 22.8 Å². The van der Waals surface area contributed by atoms with Gasteiger partial charge >= 0.3 is 0 Å². The lowest BCUT2D eigenvalue weighted by Gasteiger charge is -2.02. The molecule has 13 heavy (non-hydrogen) atoms. The van der Waals surface area contributed by atoms with Crippen molar-refractivity contribution in [2.75, 3.05) is 7.05 Å². The Morgan fingerprint density at radius 1 is 1.62 bits per heavy atom. The van der Waals surface area contributed by atoms with E-state index in [2.05, 4.69) is 5.32 Å². The number of hydrogen-bond donors (Lipinski definition) is 2. The maximum Gasteiger partial charge on any atom is 0.252 e. The predicted octanol–water partition coefficient (Wildman–Crippen LogP) is 0.623. The fraction of sp³-hybridized carbons (Fsp3) is 0.111. The minimum Gasteiger partial charge on any atom is -0.508 e. The lowest BCUT2D eigenvalue weighted by molar-refractivity contribution is 0.0962. The molecule has 66 valence electrons. The van der Waals surface area contributed by atoms with Crippen LogP contribution in [0.3, 0.4) is 0 Å². The average molecular weight is 176 g/mol. The van der Waals surface area contributed by atoms with Crippen molar-refractivity contribution in [3.8, 4) is 11.8 Å². The molecule has 1 rings (SSSR count). The summed E-state index contributed by atoms with van der Waals surface area (Å²) in [5.41, 5.74) is 0.433. The third-order valence-corrected chi connectivity index (χ3v) is 1.60. The summed E-state index contributed by atoms with van der Waals surface area (Å²) >= 11 is 0. The van der Waals surface area contributed by atoms with Crippen LogP contribution in [-0.4, -0.2) is 18.1 Å². The van der Waals surface area contributed by atoms with Crippen molar-refractivity contribution in [2.24, 2.45) is 0 Å². The highest BCUT2D eigenvalue weighted by molar-refractivity contribution is 5.96. The molecule has 0 aliphatic rings. The summed E-state index contributed by atoms with van der Waals surface area (Å²) in [5.74, 6) is -0.412. The number of amides is 1. The zero-order chi connectivity index (χ0) is 9.84. The van der Waals surface area contributed by atoms with Crippen molar-refractivity contribution in [3.63, 3.8) is 0 Å². The summed E-state index contributed by atoms with van der Waals surface area (Å²) in [6.07, 6.45) is 0. The van der Waals surface area contributed by atoms with Gasteiger partial charge in [0.15, 0.2) is 0 Å². The average Bonchev–Trinajstić information content (AvgIpc) is 2.16. The number of carbonyl (C=O) groups is 1. The van der Waals surface area contributed by atoms with E-state index in [4.69, 9.17) is 10.4 Å². The third-order valence-electron chi connectivity index (χ3n) is 1.60. The summed E-state index contributed by atoms with van der Waals surface area (Å²) < 4.78 is 0. The van der Waals surface area contributed by atoms with Crippen molar-refractivity contribution in [2.45, 2.75) is 0 Å². The van der Waals surface area contributed by atoms with Crippen LogP contribution in [0.2, 0.25) is 0 Å². The number of aromatic hydroxyl groups is 1. The van der Waals surface area contributed by atoms with Gasteiger partial charge in [-0.3, -0.25) is 4.79 Å². The quantitative estimate of drug-likeness (QED) is 0.658. The number of phenolic OH excluding ortho intramolecular Hbond substituents is 1. The molecule has 0 heterocycles. The van der Waals surface area contributed by atoms with E-state index in [9.17, 15) is 4.79 Å². The van der Waals surface area contributed by atoms with Crippen molar-refractivity contribution in [1.82, 2.24) is 5.32 Å². The van der Waals surface area contributed by atoms with Gasteiger partial charge in [-0.05, 0) is 18.2 Å². The number of hydrogen-bond acceptors (Lipinski definition) is 3. The van der Waals surface area contributed by atoms with Crippen molar-refractivity contribution < 1.29 is 9.90 Å². The largest absolute Gasteiger partial charge is 0.508 e. The van der Waals surface area contributed by atoms with E-state index in [0.717, 1.165) is 0 Å². The smallest absolute Gasteiger partial charge is 0.252 e. The van der Waals surface area contributed by atoms with E-state index < -0.39 is 0 Å². The molecule has 0 atom stereocenters. The summed E-state index contributed by atoms with van der Waals surface area (Å²) in [5, 5.41) is 20.1. The van der Waals surface area contributed by atoms with Gasteiger partial charge in [0.25, 0.3) is 5.91 Å². The second kappa shape index (κ2) is 3.59. The first-order valence-electron chi connectivity index (χ1n) is 3.64. The molecular weight excluding hydrogens is 168 g/mol. The topological polar surface area (TPSA) is 73.1 Å². The first kappa shape index (κ1) is 9.07. The minimum atomic E-state index is -0.382. The molecule has 0 bridgehead atoms. The van der Waals surface area contributed by atoms with Gasteiger partial charge in [-0.25, -0.2) is 0 Å². The number of nitrogens with one attached hydrogen (secondary N) is 1. The number of phenols is 1. The Morgan fingerprint density at radius 2 is 2.31 bits per heavy atom. The van der Waals surface area contributed by atoms with Crippen LogP contribution < -0.4 is 5.32 Å². The number of rotatable bonds is 1. The highest BCUT2D eigenvalue weighted by Crippen LogP contribution is 2.15. The molecule has 1 aromatic rings. The summed E-state index contributed by atoms with van der Waals surface area (Å²) in [7, 11) is 1.47. The van der Waals surface area contributed by atoms with Crippen LogP contribution in [0.4, 0.5) is 0 Å². The maximum atomic E-state index is 11.2. The van der Waals surface area contributed by atoms with Gasteiger partial charge in [-0.2, -0.15) is 5.26 Å². The molecule has 0 saturated heterocycles. The van der Waals surface area contributed by atoms with Crippen molar-refractivity contribution >= 4 is 5.91 Å². The molecule has 0 radical (unpaired) electrons. The summed E-state index contributed by atoms with van der Waals surface area (Å²) in [6, 6.07) is 5.90. The monoisotopic (exact) mass is 176 g/mol. The van der Waals surface area contributed by atoms with Gasteiger partial charge in [-0.1, -0.05) is 0 Å². The van der Waals surface area contributed by atoms with Crippen LogP contribution in [0.5, 0.6) is 5.75 Å². The molecule has 4 heteroatoms. The Labute approximate surface area is 75.4 Å². The predicted molar refractivity (Wildman–Crippen MR) is 46.2 cm³/mol. The first-order chi connectivity index (χ1) is 6.19. The minimum absolute atomic E-state index is 0.0300. The highest BCUT2D eigenvalue weighted by atomic mass is 16.3. The lowest BCUT2D eigenvalue weighted by atomic mass is 10.1. The lowest BCUT2D eigenvalue weighted by Crippen LogP contribution is -2.18. The Hall–Kier alpha value is -2.02. The molecule has 0 aliphatic heterocycles. The van der Waals surface area contributed by atoms with Gasteiger partial charge in [0.1, 0.15) is 5.75 Å². The van der Waals surface area contributed by atoms with Crippen LogP contribution in [0, 0.1) is 11.3 Å². The van der Waals surface area contributed by atoms with Crippen LogP contribution in [0.1, 0.15) is 15.9 Å². The van der Waals surface area contributed by atoms with Gasteiger partial charge in [0.2, 0.25) is 0 Å². The van der Waals surface area contributed by atoms with Crippen molar-refractivity contribution in [1.29, 1.82) is 5.26 Å². The standard InChI is InChI=1S/C9H8N2O2/c1-11-9(13)8-4-7(12)3-2-6(8)5-10/h2-4,12H,1H3,(H,11,13). The molecule has 0 aromatic heterocycles. The number of nitriles is 1. The Kier molecular flexibility index (Phi) is 2.50. The summed E-state index contributed by atoms with van der Waals surface area (Å²) in [6.45, 7) is 0. The second-order valence-electron chi connectivity index (χ2n) is 2.42. The van der Waals surface area contributed by atoms with E-state index in [1.807, 2.05) is 6.07 Å². The Balaban J connectivity index is 3.25. The van der Waals surface area contributed by atoms with Crippen molar-refractivity contribution in [3.05, 3.63) is 29.3 Å². The normalized spacial score (nSPS) is 8.92. The molecule has 0 unspecified atom stereocenters. The number of benzene rings is 1. The van der Waals surface area contributed by atoms with Crippen LogP contribution in [0.25, 0.3) is 0 Å². The van der Waals surface area contributed by atoms with Gasteiger partial charge in [0.05, 0.1) is 17.2 Å². The van der Waals surface area contributed by atoms with E-state index >= 15 is 0 Å². The fourth-order valence-corrected chi connectivity index (χ4v) is 0.952. The first-order valence-corrected chi connectivity index (χ1v) is 3.64. The zero-order valence-corrected chi connectivity index (χ0v) is 7.03. The maximum absolute atomic E-state index is 11.2. The molecule has 1 amide bonds. The highest BCUT2D eigenvalue weighted by Gasteiger charge is 2.09. The van der Waals surface area contributed by atoms with Gasteiger partial charge < -0.3 is 10.4 Å². The molecule has 0 aliphatic carbocycles. The molecule has 2 N–H and O–H groups in total. The summed E-state index contributed by atoms with van der Waals surface area (Å²) in [4.78, 5) is 11.2. The van der Waals surface area contributed by atoms with Crippen LogP contribution in [-0.2, 0) is 0 Å². The van der Waals surface area contributed by atoms with E-state index in [1.165, 1.54) is 25.2 Å². The Morgan fingerprint density at radius 3 is 2.85 bits per heavy atom. The molecule has 1 aromatic carbocycles. The fourth-order valence-electron chi connectivity index (χ4n) is 0.952. The van der Waals surface area contributed by atoms with Gasteiger partial charge in [0, 0.05) is 7.05 Å². The van der Waals surface area contributed by atoms with E-state index in [1.54, 1.807) is 0 Å². The second-order valence-corrected chi connectivity index (χ2v) is 2.42. The third kappa shape index (κ3) is 1.76. The molecule has 4 nitrogen and oxygen atoms in total. The number of carbonyl (C=O) groups excluding carboxylic acids is 1. The zero-order valence-electron chi connectivity index (χ0n) is 7.03. The SMILES string of the molecule is CNC(=O)c1cc(O)ccc1C#N. The van der Waals surface area contributed by atoms with Crippen LogP contribution >= 0.6 is 0 Å². The Bertz CT molecular complexity index is 380.